The molecule has 0 N–H and O–H groups in total. The molecule has 0 radical (unpaired) electrons. The van der Waals surface area contributed by atoms with E-state index in [4.69, 9.17) is 0 Å². The van der Waals surface area contributed by atoms with Crippen LogP contribution in [0.25, 0.3) is 4.72 Å². The molecule has 8 nitrogen and oxygen atoms in total. The largest absolute Gasteiger partial charge is 0.568 e. The standard InChI is InChI=1S/C14H14F3N6O2S2/c15-14(16,17)27(24,25)22-12-8-10(23-6-2-1-3-7-23)4-5-11(12)19-21-13-20-18-9-26-13/h4-5,8-9H,1-3,6-7H2/q-1. The van der Waals surface area contributed by atoms with Gasteiger partial charge in [0.15, 0.2) is 10.0 Å². The fourth-order valence-corrected chi connectivity index (χ4v) is 3.39. The average molecular weight is 419 g/mol. The number of hydrogen-bond acceptors (Lipinski definition) is 8. The Morgan fingerprint density at radius 1 is 1.15 bits per heavy atom. The lowest BCUT2D eigenvalue weighted by atomic mass is 10.1. The van der Waals surface area contributed by atoms with E-state index in [2.05, 4.69) is 25.1 Å². The molecule has 1 saturated heterocycles. The monoisotopic (exact) mass is 419 g/mol. The number of rotatable bonds is 5. The first-order chi connectivity index (χ1) is 12.8. The van der Waals surface area contributed by atoms with Crippen molar-refractivity contribution in [2.75, 3.05) is 18.0 Å². The molecule has 3 rings (SSSR count). The predicted octanol–water partition coefficient (Wildman–Crippen LogP) is 4.80. The summed E-state index contributed by atoms with van der Waals surface area (Å²) in [6, 6.07) is 4.32. The number of anilines is 1. The lowest BCUT2D eigenvalue weighted by molar-refractivity contribution is -0.0425. The first kappa shape index (κ1) is 19.5. The zero-order valence-electron chi connectivity index (χ0n) is 13.8. The van der Waals surface area contributed by atoms with Gasteiger partial charge in [0.2, 0.25) is 0 Å². The summed E-state index contributed by atoms with van der Waals surface area (Å²) in [5.41, 5.74) is -4.04. The molecule has 27 heavy (non-hydrogen) atoms. The van der Waals surface area contributed by atoms with Gasteiger partial charge in [0, 0.05) is 18.8 Å². The third-order valence-electron chi connectivity index (χ3n) is 3.78. The maximum Gasteiger partial charge on any atom is 0.483 e. The van der Waals surface area contributed by atoms with Crippen LogP contribution >= 0.6 is 11.3 Å². The fourth-order valence-electron chi connectivity index (χ4n) is 2.51. The Morgan fingerprint density at radius 2 is 1.89 bits per heavy atom. The lowest BCUT2D eigenvalue weighted by Crippen LogP contribution is -2.29. The van der Waals surface area contributed by atoms with Crippen LogP contribution in [0, 0.1) is 0 Å². The minimum atomic E-state index is -5.71. The molecule has 1 aliphatic rings. The minimum absolute atomic E-state index is 0.112. The highest BCUT2D eigenvalue weighted by Crippen LogP contribution is 2.42. The van der Waals surface area contributed by atoms with Gasteiger partial charge in [-0.3, -0.25) is 0 Å². The van der Waals surface area contributed by atoms with Crippen molar-refractivity contribution in [3.63, 3.8) is 0 Å². The maximum absolute atomic E-state index is 12.8. The number of nitrogens with zero attached hydrogens (tertiary/aromatic N) is 6. The van der Waals surface area contributed by atoms with Gasteiger partial charge in [-0.1, -0.05) is 23.1 Å². The first-order valence-corrected chi connectivity index (χ1v) is 10.2. The Hall–Kier alpha value is -2.28. The van der Waals surface area contributed by atoms with Crippen LogP contribution in [0.2, 0.25) is 0 Å². The number of hydrogen-bond donors (Lipinski definition) is 0. The summed E-state index contributed by atoms with van der Waals surface area (Å²) in [5.74, 6) is 0. The third-order valence-corrected chi connectivity index (χ3v) is 5.38. The Morgan fingerprint density at radius 3 is 2.52 bits per heavy atom. The molecular weight excluding hydrogens is 405 g/mol. The highest BCUT2D eigenvalue weighted by Gasteiger charge is 2.39. The SMILES string of the molecule is O=S(=O)([N-]c1cc(N2CCCCC2)ccc1N=Nc1nncs1)C(F)(F)F. The first-order valence-electron chi connectivity index (χ1n) is 7.87. The summed E-state index contributed by atoms with van der Waals surface area (Å²) < 4.78 is 64.2. The van der Waals surface area contributed by atoms with Crippen molar-refractivity contribution in [2.45, 2.75) is 24.8 Å². The Labute approximate surface area is 157 Å². The predicted molar refractivity (Wildman–Crippen MR) is 94.6 cm³/mol. The summed E-state index contributed by atoms with van der Waals surface area (Å²) in [4.78, 5) is 1.97. The smallest absolute Gasteiger partial charge is 0.483 e. The molecule has 1 aromatic carbocycles. The summed E-state index contributed by atoms with van der Waals surface area (Å²) in [6.07, 6.45) is 2.97. The molecule has 2 aromatic rings. The van der Waals surface area contributed by atoms with Gasteiger partial charge in [-0.15, -0.1) is 20.4 Å². The number of aromatic nitrogens is 2. The zero-order chi connectivity index (χ0) is 19.5. The second-order valence-corrected chi connectivity index (χ2v) is 8.06. The van der Waals surface area contributed by atoms with E-state index in [0.29, 0.717) is 5.69 Å². The van der Waals surface area contributed by atoms with Crippen LogP contribution in [0.3, 0.4) is 0 Å². The van der Waals surface area contributed by atoms with Crippen LogP contribution in [-0.2, 0) is 10.0 Å². The molecule has 0 unspecified atom stereocenters. The lowest BCUT2D eigenvalue weighted by Gasteiger charge is -2.31. The van der Waals surface area contributed by atoms with Gasteiger partial charge in [0.25, 0.3) is 5.13 Å². The summed E-state index contributed by atoms with van der Waals surface area (Å²) >= 11 is 1.07. The van der Waals surface area contributed by atoms with Crippen molar-refractivity contribution in [1.82, 2.24) is 10.2 Å². The molecular formula is C14H14F3N6O2S2-. The zero-order valence-corrected chi connectivity index (χ0v) is 15.4. The molecule has 0 atom stereocenters. The van der Waals surface area contributed by atoms with Crippen LogP contribution in [0.1, 0.15) is 19.3 Å². The van der Waals surface area contributed by atoms with Crippen LogP contribution in [0.15, 0.2) is 33.9 Å². The van der Waals surface area contributed by atoms with E-state index in [-0.39, 0.29) is 10.8 Å². The van der Waals surface area contributed by atoms with Gasteiger partial charge in [0.05, 0.1) is 5.69 Å². The number of benzene rings is 1. The summed E-state index contributed by atoms with van der Waals surface area (Å²) in [6.45, 7) is 1.47. The second kappa shape index (κ2) is 7.76. The number of alkyl halides is 3. The maximum atomic E-state index is 12.8. The molecule has 1 aromatic heterocycles. The molecule has 0 aliphatic carbocycles. The molecule has 13 heteroatoms. The van der Waals surface area contributed by atoms with Gasteiger partial charge in [-0.25, -0.2) is 8.42 Å². The number of halogens is 3. The fraction of sp³-hybridized carbons (Fsp3) is 0.429. The Balaban J connectivity index is 1.96. The third kappa shape index (κ3) is 4.71. The summed E-state index contributed by atoms with van der Waals surface area (Å²) in [7, 11) is -5.71. The van der Waals surface area contributed by atoms with Crippen molar-refractivity contribution < 1.29 is 21.6 Å². The highest BCUT2D eigenvalue weighted by atomic mass is 32.2. The molecule has 1 fully saturated rings. The van der Waals surface area contributed by atoms with E-state index >= 15 is 0 Å². The van der Waals surface area contributed by atoms with E-state index in [1.807, 2.05) is 4.90 Å². The number of sulfonamides is 1. The van der Waals surface area contributed by atoms with E-state index < -0.39 is 21.2 Å². The van der Waals surface area contributed by atoms with E-state index in [1.165, 1.54) is 17.6 Å². The van der Waals surface area contributed by atoms with Crippen molar-refractivity contribution >= 4 is 43.6 Å². The quantitative estimate of drug-likeness (QED) is 0.648. The molecule has 0 bridgehead atoms. The molecule has 146 valence electrons. The number of azo groups is 1. The van der Waals surface area contributed by atoms with Crippen molar-refractivity contribution in [3.05, 3.63) is 28.4 Å². The minimum Gasteiger partial charge on any atom is -0.568 e. The molecule has 0 saturated carbocycles. The van der Waals surface area contributed by atoms with E-state index in [1.54, 1.807) is 6.07 Å². The van der Waals surface area contributed by atoms with Gasteiger partial charge in [-0.2, -0.15) is 13.2 Å². The molecule has 0 amide bonds. The average Bonchev–Trinajstić information content (AvgIpc) is 3.13. The van der Waals surface area contributed by atoms with Crippen LogP contribution < -0.4 is 4.90 Å². The van der Waals surface area contributed by atoms with Crippen LogP contribution in [0.5, 0.6) is 0 Å². The van der Waals surface area contributed by atoms with E-state index in [9.17, 15) is 21.6 Å². The normalized spacial score (nSPS) is 16.0. The van der Waals surface area contributed by atoms with Gasteiger partial charge in [0.1, 0.15) is 5.51 Å². The number of piperidine rings is 1. The Bertz CT molecular complexity index is 909. The second-order valence-electron chi connectivity index (χ2n) is 5.65. The van der Waals surface area contributed by atoms with Crippen LogP contribution in [-0.4, -0.2) is 37.2 Å². The van der Waals surface area contributed by atoms with Gasteiger partial charge < -0.3 is 9.62 Å². The summed E-state index contributed by atoms with van der Waals surface area (Å²) in [5, 5.41) is 14.9. The highest BCUT2D eigenvalue weighted by molar-refractivity contribution is 7.95. The topological polar surface area (TPSA) is 102 Å². The molecule has 0 spiro atoms. The molecule has 1 aliphatic heterocycles. The van der Waals surface area contributed by atoms with E-state index in [0.717, 1.165) is 43.7 Å². The van der Waals surface area contributed by atoms with Crippen molar-refractivity contribution in [2.24, 2.45) is 10.2 Å². The molecule has 2 heterocycles. The van der Waals surface area contributed by atoms with Gasteiger partial charge >= 0.3 is 5.51 Å². The Kier molecular flexibility index (Phi) is 5.60. The van der Waals surface area contributed by atoms with Gasteiger partial charge in [-0.05, 0) is 31.4 Å². The van der Waals surface area contributed by atoms with Crippen LogP contribution in [0.4, 0.5) is 35.4 Å². The van der Waals surface area contributed by atoms with Crippen molar-refractivity contribution in [3.8, 4) is 0 Å². The van der Waals surface area contributed by atoms with Crippen molar-refractivity contribution in [1.29, 1.82) is 0 Å².